The minimum absolute atomic E-state index is 0.187. The number of hydrogen-bond donors (Lipinski definition) is 0. The highest BCUT2D eigenvalue weighted by Crippen LogP contribution is 2.44. The summed E-state index contributed by atoms with van der Waals surface area (Å²) in [6.45, 7) is 5.71. The van der Waals surface area contributed by atoms with Crippen LogP contribution in [-0.2, 0) is 6.61 Å². The van der Waals surface area contributed by atoms with Crippen molar-refractivity contribution in [2.75, 3.05) is 6.54 Å². The number of carbonyl (C=O) groups is 1. The Morgan fingerprint density at radius 3 is 3.04 bits per heavy atom. The molecule has 2 aliphatic rings. The number of hydrogen-bond acceptors (Lipinski definition) is 3. The maximum absolute atomic E-state index is 12.9. The number of piperidine rings is 1. The normalized spacial score (nSPS) is 19.7. The Kier molecular flexibility index (Phi) is 3.64. The van der Waals surface area contributed by atoms with Gasteiger partial charge in [-0.1, -0.05) is 12.1 Å². The van der Waals surface area contributed by atoms with Gasteiger partial charge in [0.05, 0.1) is 4.88 Å². The molecule has 0 radical (unpaired) electrons. The molecule has 1 fully saturated rings. The molecular weight excluding hydrogens is 306 g/mol. The fraction of sp³-hybridized carbons (Fsp3) is 0.421. The molecule has 4 heteroatoms. The molecular formula is C19H21NO2S. The van der Waals surface area contributed by atoms with E-state index in [1.54, 1.807) is 11.3 Å². The molecule has 3 heterocycles. The van der Waals surface area contributed by atoms with Gasteiger partial charge in [0, 0.05) is 28.6 Å². The van der Waals surface area contributed by atoms with Crippen molar-refractivity contribution in [3.8, 4) is 16.2 Å². The summed E-state index contributed by atoms with van der Waals surface area (Å²) in [4.78, 5) is 17.0. The third-order valence-electron chi connectivity index (χ3n) is 4.93. The largest absolute Gasteiger partial charge is 0.488 e. The van der Waals surface area contributed by atoms with Gasteiger partial charge in [-0.3, -0.25) is 4.79 Å². The molecule has 1 aromatic heterocycles. The van der Waals surface area contributed by atoms with Gasteiger partial charge in [0.2, 0.25) is 0 Å². The van der Waals surface area contributed by atoms with Crippen LogP contribution in [0.1, 0.15) is 47.0 Å². The Hall–Kier alpha value is -1.81. The first kappa shape index (κ1) is 14.8. The summed E-state index contributed by atoms with van der Waals surface area (Å²) >= 11 is 1.62. The van der Waals surface area contributed by atoms with E-state index in [4.69, 9.17) is 4.74 Å². The van der Waals surface area contributed by atoms with Crippen LogP contribution >= 0.6 is 11.3 Å². The summed E-state index contributed by atoms with van der Waals surface area (Å²) in [5.41, 5.74) is 3.50. The van der Waals surface area contributed by atoms with E-state index >= 15 is 0 Å². The fourth-order valence-electron chi connectivity index (χ4n) is 3.60. The Morgan fingerprint density at radius 2 is 2.22 bits per heavy atom. The van der Waals surface area contributed by atoms with Gasteiger partial charge < -0.3 is 9.64 Å². The monoisotopic (exact) mass is 327 g/mol. The maximum Gasteiger partial charge on any atom is 0.264 e. The smallest absolute Gasteiger partial charge is 0.264 e. The van der Waals surface area contributed by atoms with E-state index < -0.39 is 0 Å². The molecule has 3 nitrogen and oxygen atoms in total. The number of rotatable bonds is 1. The minimum Gasteiger partial charge on any atom is -0.488 e. The SMILES string of the molecule is Cc1cccc2c1-c1sc(C(=O)N3CCCCC3C)cc1CO2. The number of fused-ring (bicyclic) bond motifs is 3. The van der Waals surface area contributed by atoms with Crippen molar-refractivity contribution in [1.82, 2.24) is 4.90 Å². The molecule has 0 bridgehead atoms. The highest BCUT2D eigenvalue weighted by molar-refractivity contribution is 7.17. The lowest BCUT2D eigenvalue weighted by Crippen LogP contribution is -2.41. The Bertz CT molecular complexity index is 765. The first-order valence-electron chi connectivity index (χ1n) is 8.31. The van der Waals surface area contributed by atoms with E-state index in [2.05, 4.69) is 19.9 Å². The third kappa shape index (κ3) is 2.45. The van der Waals surface area contributed by atoms with Crippen molar-refractivity contribution < 1.29 is 9.53 Å². The topological polar surface area (TPSA) is 29.5 Å². The van der Waals surface area contributed by atoms with E-state index in [1.165, 1.54) is 16.9 Å². The van der Waals surface area contributed by atoms with Crippen LogP contribution in [-0.4, -0.2) is 23.4 Å². The van der Waals surface area contributed by atoms with Crippen LogP contribution < -0.4 is 4.74 Å². The summed E-state index contributed by atoms with van der Waals surface area (Å²) in [6, 6.07) is 8.53. The summed E-state index contributed by atoms with van der Waals surface area (Å²) in [5, 5.41) is 0. The summed E-state index contributed by atoms with van der Waals surface area (Å²) in [7, 11) is 0. The molecule has 1 saturated heterocycles. The Morgan fingerprint density at radius 1 is 1.35 bits per heavy atom. The molecule has 1 aromatic carbocycles. The molecule has 1 atom stereocenters. The summed E-state index contributed by atoms with van der Waals surface area (Å²) in [5.74, 6) is 1.12. The molecule has 2 aromatic rings. The van der Waals surface area contributed by atoms with Crippen LogP contribution in [0.25, 0.3) is 10.4 Å². The number of ether oxygens (including phenoxy) is 1. The summed E-state index contributed by atoms with van der Waals surface area (Å²) in [6.07, 6.45) is 3.46. The number of likely N-dealkylation sites (tertiary alicyclic amines) is 1. The molecule has 0 saturated carbocycles. The van der Waals surface area contributed by atoms with Crippen molar-refractivity contribution >= 4 is 17.2 Å². The minimum atomic E-state index is 0.187. The lowest BCUT2D eigenvalue weighted by atomic mass is 10.0. The first-order chi connectivity index (χ1) is 11.1. The number of nitrogens with zero attached hydrogens (tertiary/aromatic N) is 1. The van der Waals surface area contributed by atoms with Gasteiger partial charge in [-0.15, -0.1) is 11.3 Å². The van der Waals surface area contributed by atoms with Gasteiger partial charge in [0.25, 0.3) is 5.91 Å². The lowest BCUT2D eigenvalue weighted by Gasteiger charge is -2.33. The molecule has 23 heavy (non-hydrogen) atoms. The predicted octanol–water partition coefficient (Wildman–Crippen LogP) is 4.63. The molecule has 2 aliphatic heterocycles. The number of benzene rings is 1. The summed E-state index contributed by atoms with van der Waals surface area (Å²) < 4.78 is 5.87. The van der Waals surface area contributed by atoms with Gasteiger partial charge >= 0.3 is 0 Å². The second-order valence-electron chi connectivity index (χ2n) is 6.55. The Labute approximate surface area is 140 Å². The zero-order valence-corrected chi connectivity index (χ0v) is 14.4. The average Bonchev–Trinajstić information content (AvgIpc) is 2.99. The van der Waals surface area contributed by atoms with Crippen LogP contribution in [0.2, 0.25) is 0 Å². The molecule has 1 unspecified atom stereocenters. The van der Waals surface area contributed by atoms with Crippen LogP contribution in [0.5, 0.6) is 5.75 Å². The second kappa shape index (κ2) is 5.68. The quantitative estimate of drug-likeness (QED) is 0.764. The highest BCUT2D eigenvalue weighted by Gasteiger charge is 2.28. The van der Waals surface area contributed by atoms with Crippen molar-refractivity contribution in [2.24, 2.45) is 0 Å². The number of thiophene rings is 1. The second-order valence-corrected chi connectivity index (χ2v) is 7.60. The van der Waals surface area contributed by atoms with Crippen molar-refractivity contribution in [2.45, 2.75) is 45.8 Å². The van der Waals surface area contributed by atoms with Crippen LogP contribution in [0.15, 0.2) is 24.3 Å². The van der Waals surface area contributed by atoms with Crippen molar-refractivity contribution in [3.63, 3.8) is 0 Å². The molecule has 1 amide bonds. The van der Waals surface area contributed by atoms with E-state index in [0.29, 0.717) is 12.6 Å². The number of aryl methyl sites for hydroxylation is 1. The average molecular weight is 327 g/mol. The molecule has 120 valence electrons. The Balaban J connectivity index is 1.72. The van der Waals surface area contributed by atoms with E-state index in [0.717, 1.165) is 41.1 Å². The van der Waals surface area contributed by atoms with Gasteiger partial charge in [0.1, 0.15) is 12.4 Å². The van der Waals surface area contributed by atoms with Gasteiger partial charge in [-0.2, -0.15) is 0 Å². The number of amides is 1. The lowest BCUT2D eigenvalue weighted by molar-refractivity contribution is 0.0640. The van der Waals surface area contributed by atoms with Gasteiger partial charge in [-0.25, -0.2) is 0 Å². The van der Waals surface area contributed by atoms with Gasteiger partial charge in [0.15, 0.2) is 0 Å². The zero-order valence-electron chi connectivity index (χ0n) is 13.6. The fourth-order valence-corrected chi connectivity index (χ4v) is 4.84. The van der Waals surface area contributed by atoms with Crippen LogP contribution in [0, 0.1) is 6.92 Å². The van der Waals surface area contributed by atoms with E-state index in [1.807, 2.05) is 23.1 Å². The molecule has 0 spiro atoms. The zero-order chi connectivity index (χ0) is 16.0. The highest BCUT2D eigenvalue weighted by atomic mass is 32.1. The van der Waals surface area contributed by atoms with E-state index in [-0.39, 0.29) is 5.91 Å². The third-order valence-corrected chi connectivity index (χ3v) is 6.11. The first-order valence-corrected chi connectivity index (χ1v) is 9.13. The maximum atomic E-state index is 12.9. The van der Waals surface area contributed by atoms with Crippen molar-refractivity contribution in [3.05, 3.63) is 40.3 Å². The molecule has 4 rings (SSSR count). The molecule has 0 N–H and O–H groups in total. The van der Waals surface area contributed by atoms with Gasteiger partial charge in [-0.05, 0) is 50.8 Å². The standard InChI is InChI=1S/C19H21NO2S/c1-12-6-5-8-15-17(12)18-14(11-22-15)10-16(23-18)19(21)20-9-4-3-7-13(20)2/h5-6,8,10,13H,3-4,7,9,11H2,1-2H3. The molecule has 0 aliphatic carbocycles. The van der Waals surface area contributed by atoms with Crippen molar-refractivity contribution in [1.29, 1.82) is 0 Å². The van der Waals surface area contributed by atoms with E-state index in [9.17, 15) is 4.79 Å². The van der Waals surface area contributed by atoms with Crippen LogP contribution in [0.3, 0.4) is 0 Å². The number of carbonyl (C=O) groups excluding carboxylic acids is 1. The van der Waals surface area contributed by atoms with Crippen LogP contribution in [0.4, 0.5) is 0 Å². The predicted molar refractivity (Wildman–Crippen MR) is 93.2 cm³/mol.